The number of methoxy groups -OCH3 is 1. The van der Waals surface area contributed by atoms with Crippen molar-refractivity contribution < 1.29 is 14.6 Å². The molecule has 0 saturated heterocycles. The quantitative estimate of drug-likeness (QED) is 0.875. The zero-order valence-corrected chi connectivity index (χ0v) is 12.6. The van der Waals surface area contributed by atoms with Crippen LogP contribution in [0.4, 0.5) is 5.69 Å². The first-order chi connectivity index (χ1) is 9.52. The minimum atomic E-state index is -0.981. The number of carboxylic acid groups (broad SMARTS) is 1. The summed E-state index contributed by atoms with van der Waals surface area (Å²) >= 11 is 3.40. The van der Waals surface area contributed by atoms with E-state index in [4.69, 9.17) is 9.84 Å². The molecule has 1 aromatic heterocycles. The van der Waals surface area contributed by atoms with Crippen LogP contribution in [0.5, 0.6) is 5.75 Å². The van der Waals surface area contributed by atoms with Gasteiger partial charge in [0.25, 0.3) is 0 Å². The van der Waals surface area contributed by atoms with Crippen LogP contribution in [0, 0.1) is 0 Å². The van der Waals surface area contributed by atoms with Gasteiger partial charge in [-0.2, -0.15) is 5.10 Å². The number of carboxylic acids is 1. The Morgan fingerprint density at radius 3 is 2.90 bits per heavy atom. The summed E-state index contributed by atoms with van der Waals surface area (Å²) in [6.45, 7) is 0.372. The van der Waals surface area contributed by atoms with Crippen molar-refractivity contribution in [2.75, 3.05) is 12.4 Å². The highest BCUT2D eigenvalue weighted by molar-refractivity contribution is 9.10. The number of hydrogen-bond donors (Lipinski definition) is 2. The number of aryl methyl sites for hydroxylation is 1. The SMILES string of the molecule is COc1ccc(NCc2c(C(=O)O)cnn2C)cc1Br. The van der Waals surface area contributed by atoms with E-state index in [2.05, 4.69) is 26.3 Å². The summed E-state index contributed by atoms with van der Waals surface area (Å²) in [5.74, 6) is -0.242. The molecule has 1 heterocycles. The number of rotatable bonds is 5. The van der Waals surface area contributed by atoms with E-state index in [9.17, 15) is 4.79 Å². The van der Waals surface area contributed by atoms with E-state index in [1.165, 1.54) is 6.20 Å². The van der Waals surface area contributed by atoms with Gasteiger partial charge in [0.2, 0.25) is 0 Å². The number of hydrogen-bond acceptors (Lipinski definition) is 4. The second kappa shape index (κ2) is 5.96. The van der Waals surface area contributed by atoms with E-state index < -0.39 is 5.97 Å². The van der Waals surface area contributed by atoms with Gasteiger partial charge in [-0.15, -0.1) is 0 Å². The summed E-state index contributed by atoms with van der Waals surface area (Å²) < 4.78 is 7.53. The van der Waals surface area contributed by atoms with E-state index >= 15 is 0 Å². The number of aromatic nitrogens is 2. The Hall–Kier alpha value is -2.02. The second-order valence-corrected chi connectivity index (χ2v) is 4.99. The third-order valence-corrected chi connectivity index (χ3v) is 3.52. The second-order valence-electron chi connectivity index (χ2n) is 4.14. The molecule has 0 aliphatic heterocycles. The first-order valence-electron chi connectivity index (χ1n) is 5.84. The first-order valence-corrected chi connectivity index (χ1v) is 6.63. The predicted octanol–water partition coefficient (Wildman–Crippen LogP) is 2.50. The number of carbonyl (C=O) groups is 1. The number of benzene rings is 1. The third kappa shape index (κ3) is 2.93. The molecule has 2 rings (SSSR count). The Kier molecular flexibility index (Phi) is 4.29. The summed E-state index contributed by atoms with van der Waals surface area (Å²) in [6, 6.07) is 5.56. The Morgan fingerprint density at radius 2 is 2.30 bits per heavy atom. The van der Waals surface area contributed by atoms with Crippen LogP contribution >= 0.6 is 15.9 Å². The smallest absolute Gasteiger partial charge is 0.339 e. The Bertz CT molecular complexity index is 640. The largest absolute Gasteiger partial charge is 0.496 e. The molecule has 0 fully saturated rings. The monoisotopic (exact) mass is 339 g/mol. The molecule has 6 nitrogen and oxygen atoms in total. The van der Waals surface area contributed by atoms with Crippen molar-refractivity contribution in [2.45, 2.75) is 6.54 Å². The molecule has 0 amide bonds. The van der Waals surface area contributed by atoms with Gasteiger partial charge in [-0.25, -0.2) is 4.79 Å². The molecule has 0 spiro atoms. The molecular weight excluding hydrogens is 326 g/mol. The van der Waals surface area contributed by atoms with Crippen LogP contribution < -0.4 is 10.1 Å². The van der Waals surface area contributed by atoms with Crippen LogP contribution in [-0.2, 0) is 13.6 Å². The molecule has 0 aliphatic carbocycles. The van der Waals surface area contributed by atoms with Crippen molar-refractivity contribution in [3.05, 3.63) is 40.1 Å². The maximum Gasteiger partial charge on any atom is 0.339 e. The van der Waals surface area contributed by atoms with Gasteiger partial charge in [-0.3, -0.25) is 4.68 Å². The molecule has 2 aromatic rings. The minimum absolute atomic E-state index is 0.201. The standard InChI is InChI=1S/C13H14BrN3O3/c1-17-11(9(6-16-17)13(18)19)7-15-8-3-4-12(20-2)10(14)5-8/h3-6,15H,7H2,1-2H3,(H,18,19). The van der Waals surface area contributed by atoms with E-state index in [1.54, 1.807) is 18.8 Å². The third-order valence-electron chi connectivity index (χ3n) is 2.90. The van der Waals surface area contributed by atoms with E-state index in [0.717, 1.165) is 15.9 Å². The number of nitrogens with one attached hydrogen (secondary N) is 1. The molecule has 0 unspecified atom stereocenters. The summed E-state index contributed by atoms with van der Waals surface area (Å²) in [6.07, 6.45) is 1.35. The van der Waals surface area contributed by atoms with Gasteiger partial charge in [0.05, 0.1) is 30.0 Å². The first kappa shape index (κ1) is 14.4. The van der Waals surface area contributed by atoms with Crippen LogP contribution in [-0.4, -0.2) is 28.0 Å². The number of halogens is 1. The summed E-state index contributed by atoms with van der Waals surface area (Å²) in [7, 11) is 3.31. The number of ether oxygens (including phenoxy) is 1. The van der Waals surface area contributed by atoms with Crippen molar-refractivity contribution in [1.82, 2.24) is 9.78 Å². The van der Waals surface area contributed by atoms with Crippen LogP contribution in [0.25, 0.3) is 0 Å². The summed E-state index contributed by atoms with van der Waals surface area (Å²) in [5, 5.41) is 16.2. The van der Waals surface area contributed by atoms with Gasteiger partial charge < -0.3 is 15.2 Å². The van der Waals surface area contributed by atoms with Crippen LogP contribution in [0.15, 0.2) is 28.9 Å². The van der Waals surface area contributed by atoms with Crippen LogP contribution in [0.2, 0.25) is 0 Å². The average molecular weight is 340 g/mol. The Labute approximate surface area is 124 Å². The molecule has 7 heteroatoms. The zero-order valence-electron chi connectivity index (χ0n) is 11.1. The van der Waals surface area contributed by atoms with Crippen molar-refractivity contribution in [2.24, 2.45) is 7.05 Å². The molecule has 0 saturated carbocycles. The van der Waals surface area contributed by atoms with E-state index in [-0.39, 0.29) is 5.56 Å². The van der Waals surface area contributed by atoms with Gasteiger partial charge in [0, 0.05) is 12.7 Å². The maximum absolute atomic E-state index is 11.1. The van der Waals surface area contributed by atoms with Crippen LogP contribution in [0.1, 0.15) is 16.1 Å². The van der Waals surface area contributed by atoms with Gasteiger partial charge >= 0.3 is 5.97 Å². The van der Waals surface area contributed by atoms with Crippen molar-refractivity contribution in [3.63, 3.8) is 0 Å². The molecule has 20 heavy (non-hydrogen) atoms. The minimum Gasteiger partial charge on any atom is -0.496 e. The average Bonchev–Trinajstić information content (AvgIpc) is 2.78. The zero-order chi connectivity index (χ0) is 14.7. The number of anilines is 1. The predicted molar refractivity (Wildman–Crippen MR) is 78.2 cm³/mol. The lowest BCUT2D eigenvalue weighted by Crippen LogP contribution is -2.10. The maximum atomic E-state index is 11.1. The van der Waals surface area contributed by atoms with Gasteiger partial charge in [-0.05, 0) is 34.1 Å². The molecule has 2 N–H and O–H groups in total. The van der Waals surface area contributed by atoms with Gasteiger partial charge in [-0.1, -0.05) is 0 Å². The normalized spacial score (nSPS) is 10.3. The summed E-state index contributed by atoms with van der Waals surface area (Å²) in [4.78, 5) is 11.1. The molecule has 0 radical (unpaired) electrons. The van der Waals surface area contributed by atoms with E-state index in [1.807, 2.05) is 18.2 Å². The summed E-state index contributed by atoms with van der Waals surface area (Å²) in [5.41, 5.74) is 1.67. The highest BCUT2D eigenvalue weighted by Gasteiger charge is 2.14. The van der Waals surface area contributed by atoms with Gasteiger partial charge in [0.15, 0.2) is 0 Å². The van der Waals surface area contributed by atoms with Crippen LogP contribution in [0.3, 0.4) is 0 Å². The highest BCUT2D eigenvalue weighted by Crippen LogP contribution is 2.28. The van der Waals surface area contributed by atoms with Crippen molar-refractivity contribution in [3.8, 4) is 5.75 Å². The van der Waals surface area contributed by atoms with Crippen molar-refractivity contribution in [1.29, 1.82) is 0 Å². The lowest BCUT2D eigenvalue weighted by molar-refractivity contribution is 0.0695. The highest BCUT2D eigenvalue weighted by atomic mass is 79.9. The molecule has 0 bridgehead atoms. The fourth-order valence-corrected chi connectivity index (χ4v) is 2.35. The fourth-order valence-electron chi connectivity index (χ4n) is 1.81. The number of aromatic carboxylic acids is 1. The van der Waals surface area contributed by atoms with Crippen molar-refractivity contribution >= 4 is 27.6 Å². The Morgan fingerprint density at radius 1 is 1.55 bits per heavy atom. The molecule has 0 atom stereocenters. The fraction of sp³-hybridized carbons (Fsp3) is 0.231. The molecule has 0 aliphatic rings. The molecule has 1 aromatic carbocycles. The number of nitrogens with zero attached hydrogens (tertiary/aromatic N) is 2. The van der Waals surface area contributed by atoms with Gasteiger partial charge in [0.1, 0.15) is 11.3 Å². The topological polar surface area (TPSA) is 76.4 Å². The Balaban J connectivity index is 2.15. The lowest BCUT2D eigenvalue weighted by atomic mass is 10.2. The molecular formula is C13H14BrN3O3. The van der Waals surface area contributed by atoms with E-state index in [0.29, 0.717) is 12.2 Å². The molecule has 106 valence electrons. The lowest BCUT2D eigenvalue weighted by Gasteiger charge is -2.10.